The average Bonchev–Trinajstić information content (AvgIpc) is 3.46. The summed E-state index contributed by atoms with van der Waals surface area (Å²) in [4.78, 5) is 26.5. The highest BCUT2D eigenvalue weighted by atomic mass is 19.4. The van der Waals surface area contributed by atoms with Crippen LogP contribution in [0.2, 0.25) is 0 Å². The fourth-order valence-corrected chi connectivity index (χ4v) is 2.51. The lowest BCUT2D eigenvalue weighted by molar-refractivity contribution is -0.193. The number of halogens is 6. The first-order valence-electron chi connectivity index (χ1n) is 10.0. The second-order valence-electron chi connectivity index (χ2n) is 7.03. The number of carboxylic acids is 2. The lowest BCUT2D eigenvalue weighted by atomic mass is 10.3. The maximum Gasteiger partial charge on any atom is 0.490 e. The fourth-order valence-electron chi connectivity index (χ4n) is 2.51. The van der Waals surface area contributed by atoms with Crippen LogP contribution in [0.15, 0.2) is 42.7 Å². The number of rotatable bonds is 4. The monoisotopic (exact) mass is 546 g/mol. The first-order chi connectivity index (χ1) is 17.7. The van der Waals surface area contributed by atoms with E-state index >= 15 is 0 Å². The number of pyridine rings is 2. The minimum absolute atomic E-state index is 0.293. The quantitative estimate of drug-likeness (QED) is 0.415. The van der Waals surface area contributed by atoms with E-state index in [-0.39, 0.29) is 0 Å². The average molecular weight is 546 g/mol. The summed E-state index contributed by atoms with van der Waals surface area (Å²) in [5.41, 5.74) is 3.53. The summed E-state index contributed by atoms with van der Waals surface area (Å²) in [7, 11) is 0. The van der Waals surface area contributed by atoms with Crippen molar-refractivity contribution >= 4 is 11.9 Å². The predicted octanol–water partition coefficient (Wildman–Crippen LogP) is 2.98. The smallest absolute Gasteiger partial charge is 0.475 e. The number of carbonyl (C=O) groups is 2. The van der Waals surface area contributed by atoms with Crippen LogP contribution >= 0.6 is 0 Å². The molecule has 1 aliphatic heterocycles. The Balaban J connectivity index is 0.000000301. The van der Waals surface area contributed by atoms with Gasteiger partial charge in [0.25, 0.3) is 0 Å². The van der Waals surface area contributed by atoms with Crippen LogP contribution in [-0.4, -0.2) is 54.3 Å². The zero-order valence-corrected chi connectivity index (χ0v) is 18.8. The molecule has 202 valence electrons. The number of ether oxygens (including phenoxy) is 1. The highest BCUT2D eigenvalue weighted by Gasteiger charge is 2.38. The van der Waals surface area contributed by atoms with Gasteiger partial charge in [-0.2, -0.15) is 41.7 Å². The van der Waals surface area contributed by atoms with Gasteiger partial charge in [-0.25, -0.2) is 14.3 Å². The Morgan fingerprint density at radius 3 is 2.18 bits per heavy atom. The number of fused-ring (bicyclic) bond motifs is 1. The van der Waals surface area contributed by atoms with E-state index in [0.29, 0.717) is 18.1 Å². The molecule has 3 aromatic heterocycles. The number of hydrogen-bond acceptors (Lipinski definition) is 8. The molecule has 0 fully saturated rings. The van der Waals surface area contributed by atoms with Crippen LogP contribution in [0.4, 0.5) is 26.3 Å². The Bertz CT molecular complexity index is 1260. The molecule has 0 aromatic carbocycles. The maximum absolute atomic E-state index is 10.6. The van der Waals surface area contributed by atoms with Gasteiger partial charge in [0, 0.05) is 37.1 Å². The molecule has 0 aliphatic carbocycles. The highest BCUT2D eigenvalue weighted by molar-refractivity contribution is 5.73. The first-order valence-corrected chi connectivity index (χ1v) is 10.0. The molecular formula is C21H16F6N6O5. The number of hydrogen-bond donors (Lipinski definition) is 3. The van der Waals surface area contributed by atoms with Crippen molar-refractivity contribution in [1.82, 2.24) is 25.1 Å². The normalized spacial score (nSPS) is 12.1. The summed E-state index contributed by atoms with van der Waals surface area (Å²) >= 11 is 0. The number of nitriles is 1. The van der Waals surface area contributed by atoms with Crippen molar-refractivity contribution in [2.24, 2.45) is 0 Å². The van der Waals surface area contributed by atoms with Crippen LogP contribution in [0.3, 0.4) is 0 Å². The first kappa shape index (κ1) is 29.5. The van der Waals surface area contributed by atoms with Crippen LogP contribution < -0.4 is 10.1 Å². The van der Waals surface area contributed by atoms with Crippen molar-refractivity contribution in [2.45, 2.75) is 32.0 Å². The standard InChI is InChI=1S/C17H14N6O.2C2HF3O2/c18-6-12-4-5-14(20-7-12)11-24-17-3-1-2-16(21-17)23-10-13-8-19-9-15(13)22-23;2*3-2(4,5)1(6)7/h1-5,7,10,19H,8-9,11H2;2*(H,6,7). The molecule has 11 nitrogen and oxygen atoms in total. The molecule has 3 N–H and O–H groups in total. The summed E-state index contributed by atoms with van der Waals surface area (Å²) in [6, 6.07) is 11.1. The third-order valence-corrected chi connectivity index (χ3v) is 4.24. The molecule has 17 heteroatoms. The molecule has 4 heterocycles. The van der Waals surface area contributed by atoms with Crippen LogP contribution in [0, 0.1) is 11.3 Å². The van der Waals surface area contributed by atoms with Gasteiger partial charge >= 0.3 is 24.3 Å². The van der Waals surface area contributed by atoms with E-state index in [1.807, 2.05) is 24.4 Å². The van der Waals surface area contributed by atoms with Crippen molar-refractivity contribution in [3.63, 3.8) is 0 Å². The molecule has 0 saturated carbocycles. The molecule has 0 amide bonds. The van der Waals surface area contributed by atoms with Crippen LogP contribution in [0.5, 0.6) is 5.88 Å². The number of aromatic nitrogens is 4. The van der Waals surface area contributed by atoms with Gasteiger partial charge in [0.15, 0.2) is 5.82 Å². The molecule has 3 aromatic rings. The molecule has 0 radical (unpaired) electrons. The van der Waals surface area contributed by atoms with Crippen LogP contribution in [0.25, 0.3) is 5.82 Å². The molecule has 4 rings (SSSR count). The van der Waals surface area contributed by atoms with E-state index in [1.54, 1.807) is 22.9 Å². The van der Waals surface area contributed by atoms with Crippen LogP contribution in [0.1, 0.15) is 22.5 Å². The van der Waals surface area contributed by atoms with E-state index in [4.69, 9.17) is 29.8 Å². The van der Waals surface area contributed by atoms with Crippen molar-refractivity contribution in [1.29, 1.82) is 5.26 Å². The van der Waals surface area contributed by atoms with E-state index in [1.165, 1.54) is 11.8 Å². The molecule has 38 heavy (non-hydrogen) atoms. The topological polar surface area (TPSA) is 163 Å². The molecule has 1 aliphatic rings. The minimum Gasteiger partial charge on any atom is -0.475 e. The summed E-state index contributed by atoms with van der Waals surface area (Å²) < 4.78 is 70.9. The Morgan fingerprint density at radius 1 is 1.05 bits per heavy atom. The highest BCUT2D eigenvalue weighted by Crippen LogP contribution is 2.18. The van der Waals surface area contributed by atoms with Crippen molar-refractivity contribution < 1.29 is 50.9 Å². The van der Waals surface area contributed by atoms with E-state index < -0.39 is 24.3 Å². The molecule has 0 spiro atoms. The van der Waals surface area contributed by atoms with Crippen molar-refractivity contribution in [2.75, 3.05) is 0 Å². The summed E-state index contributed by atoms with van der Waals surface area (Å²) in [5.74, 6) is -4.29. The zero-order chi connectivity index (χ0) is 28.5. The predicted molar refractivity (Wildman–Crippen MR) is 113 cm³/mol. The van der Waals surface area contributed by atoms with Gasteiger partial charge in [-0.3, -0.25) is 4.98 Å². The maximum atomic E-state index is 10.6. The van der Waals surface area contributed by atoms with Crippen LogP contribution in [-0.2, 0) is 29.3 Å². The van der Waals surface area contributed by atoms with E-state index in [2.05, 4.69) is 20.4 Å². The second kappa shape index (κ2) is 12.5. The molecule has 0 atom stereocenters. The Kier molecular flexibility index (Phi) is 9.70. The third kappa shape index (κ3) is 9.05. The molecule has 0 saturated heterocycles. The number of carboxylic acid groups (broad SMARTS) is 2. The summed E-state index contributed by atoms with van der Waals surface area (Å²) in [6.07, 6.45) is -6.65. The molecular weight excluding hydrogens is 530 g/mol. The molecule has 0 bridgehead atoms. The van der Waals surface area contributed by atoms with Crippen molar-refractivity contribution in [3.05, 3.63) is 65.2 Å². The number of aliphatic carboxylic acids is 2. The van der Waals surface area contributed by atoms with Gasteiger partial charge in [0.05, 0.1) is 17.0 Å². The van der Waals surface area contributed by atoms with E-state index in [9.17, 15) is 26.3 Å². The van der Waals surface area contributed by atoms with Gasteiger partial charge in [-0.05, 0) is 18.2 Å². The zero-order valence-electron chi connectivity index (χ0n) is 18.8. The van der Waals surface area contributed by atoms with Gasteiger partial charge in [-0.15, -0.1) is 0 Å². The van der Waals surface area contributed by atoms with E-state index in [0.717, 1.165) is 30.3 Å². The van der Waals surface area contributed by atoms with Gasteiger partial charge in [0.1, 0.15) is 12.7 Å². The Morgan fingerprint density at radius 2 is 1.68 bits per heavy atom. The second-order valence-corrected chi connectivity index (χ2v) is 7.03. The van der Waals surface area contributed by atoms with Crippen molar-refractivity contribution in [3.8, 4) is 17.8 Å². The SMILES string of the molecule is N#Cc1ccc(COc2cccc(-n3cc4c(n3)CNC4)n2)nc1.O=C(O)C(F)(F)F.O=C(O)C(F)(F)F. The number of nitrogens with one attached hydrogen (secondary N) is 1. The summed E-state index contributed by atoms with van der Waals surface area (Å²) in [6.45, 7) is 1.93. The lowest BCUT2D eigenvalue weighted by Crippen LogP contribution is -2.21. The van der Waals surface area contributed by atoms with Gasteiger partial charge in [-0.1, -0.05) is 6.07 Å². The van der Waals surface area contributed by atoms with Gasteiger partial charge < -0.3 is 20.3 Å². The summed E-state index contributed by atoms with van der Waals surface area (Å²) in [5, 5.41) is 30.8. The Labute approximate surface area is 208 Å². The largest absolute Gasteiger partial charge is 0.490 e. The molecule has 0 unspecified atom stereocenters. The Hall–Kier alpha value is -4.72. The van der Waals surface area contributed by atoms with Gasteiger partial charge in [0.2, 0.25) is 5.88 Å². The third-order valence-electron chi connectivity index (χ3n) is 4.24. The lowest BCUT2D eigenvalue weighted by Gasteiger charge is -2.07. The minimum atomic E-state index is -5.08. The fraction of sp³-hybridized carbons (Fsp3) is 0.238. The number of nitrogens with zero attached hydrogens (tertiary/aromatic N) is 5. The number of alkyl halides is 6.